The molecule has 2 aromatic carbocycles. The first kappa shape index (κ1) is 16.0. The van der Waals surface area contributed by atoms with Crippen LogP contribution < -0.4 is 5.43 Å². The third-order valence-electron chi connectivity index (χ3n) is 4.04. The van der Waals surface area contributed by atoms with Gasteiger partial charge >= 0.3 is 0 Å². The third-order valence-corrected chi connectivity index (χ3v) is 4.04. The minimum absolute atomic E-state index is 0.205. The fraction of sp³-hybridized carbons (Fsp3) is 0.200. The van der Waals surface area contributed by atoms with Crippen LogP contribution in [-0.4, -0.2) is 16.7 Å². The van der Waals surface area contributed by atoms with E-state index in [-0.39, 0.29) is 5.91 Å². The summed E-state index contributed by atoms with van der Waals surface area (Å²) in [5.74, 6) is -0.205. The second-order valence-corrected chi connectivity index (χ2v) is 6.14. The van der Waals surface area contributed by atoms with E-state index in [0.717, 1.165) is 16.3 Å². The molecule has 1 amide bonds. The molecule has 0 radical (unpaired) electrons. The molecule has 0 saturated carbocycles. The Bertz CT molecular complexity index is 901. The average Bonchev–Trinajstić information content (AvgIpc) is 2.95. The molecule has 4 nitrogen and oxygen atoms in total. The number of carbonyl (C=O) groups is 1. The van der Waals surface area contributed by atoms with Crippen LogP contribution in [0.25, 0.3) is 10.8 Å². The van der Waals surface area contributed by atoms with E-state index < -0.39 is 0 Å². The van der Waals surface area contributed by atoms with Gasteiger partial charge in [-0.3, -0.25) is 4.79 Å². The van der Waals surface area contributed by atoms with Crippen molar-refractivity contribution >= 4 is 22.9 Å². The zero-order chi connectivity index (χ0) is 17.1. The summed E-state index contributed by atoms with van der Waals surface area (Å²) >= 11 is 0. The molecular formula is C20H21N3O. The number of amides is 1. The number of nitrogens with one attached hydrogen (secondary N) is 1. The summed E-state index contributed by atoms with van der Waals surface area (Å²) in [5.41, 5.74) is 5.39. The molecule has 0 unspecified atom stereocenters. The molecule has 0 saturated heterocycles. The van der Waals surface area contributed by atoms with Gasteiger partial charge in [-0.2, -0.15) is 5.10 Å². The van der Waals surface area contributed by atoms with E-state index in [1.165, 1.54) is 5.69 Å². The minimum atomic E-state index is -0.205. The number of hydrogen-bond donors (Lipinski definition) is 1. The van der Waals surface area contributed by atoms with Crippen molar-refractivity contribution in [1.82, 2.24) is 9.99 Å². The van der Waals surface area contributed by atoms with Gasteiger partial charge in [0.25, 0.3) is 5.91 Å². The third kappa shape index (κ3) is 3.23. The summed E-state index contributed by atoms with van der Waals surface area (Å²) in [6.07, 6.45) is 3.71. The Morgan fingerprint density at radius 1 is 1.17 bits per heavy atom. The predicted octanol–water partition coefficient (Wildman–Crippen LogP) is 4.29. The molecule has 1 heterocycles. The van der Waals surface area contributed by atoms with Crippen LogP contribution >= 0.6 is 0 Å². The summed E-state index contributed by atoms with van der Waals surface area (Å²) in [7, 11) is 0. The fourth-order valence-electron chi connectivity index (χ4n) is 2.89. The summed E-state index contributed by atoms with van der Waals surface area (Å²) in [4.78, 5) is 12.4. The van der Waals surface area contributed by atoms with E-state index in [9.17, 15) is 4.79 Å². The Balaban J connectivity index is 1.76. The number of hydrazone groups is 1. The van der Waals surface area contributed by atoms with Gasteiger partial charge in [-0.15, -0.1) is 0 Å². The number of benzene rings is 2. The number of hydrogen-bond acceptors (Lipinski definition) is 2. The highest BCUT2D eigenvalue weighted by Crippen LogP contribution is 2.18. The van der Waals surface area contributed by atoms with Gasteiger partial charge in [0.2, 0.25) is 0 Å². The number of rotatable bonds is 4. The number of carbonyl (C=O) groups excluding carboxylic acids is 1. The molecule has 0 atom stereocenters. The molecule has 1 N–H and O–H groups in total. The number of fused-ring (bicyclic) bond motifs is 1. The molecule has 0 aliphatic carbocycles. The quantitative estimate of drug-likeness (QED) is 0.566. The lowest BCUT2D eigenvalue weighted by Gasteiger charge is -2.08. The van der Waals surface area contributed by atoms with Crippen molar-refractivity contribution in [2.24, 2.45) is 5.10 Å². The molecule has 3 rings (SSSR count). The van der Waals surface area contributed by atoms with Gasteiger partial charge in [0.1, 0.15) is 0 Å². The first-order valence-corrected chi connectivity index (χ1v) is 8.06. The Hall–Kier alpha value is -2.88. The van der Waals surface area contributed by atoms with Crippen LogP contribution in [0.3, 0.4) is 0 Å². The lowest BCUT2D eigenvalue weighted by molar-refractivity contribution is 0.0957. The summed E-state index contributed by atoms with van der Waals surface area (Å²) in [6.45, 7) is 6.33. The normalized spacial score (nSPS) is 11.5. The smallest absolute Gasteiger partial charge is 0.271 e. The molecule has 1 aromatic heterocycles. The summed E-state index contributed by atoms with van der Waals surface area (Å²) < 4.78 is 2.17. The molecule has 0 bridgehead atoms. The van der Waals surface area contributed by atoms with Crippen LogP contribution in [0.5, 0.6) is 0 Å². The van der Waals surface area contributed by atoms with E-state index in [1.807, 2.05) is 54.7 Å². The van der Waals surface area contributed by atoms with Crippen LogP contribution in [0.2, 0.25) is 0 Å². The van der Waals surface area contributed by atoms with E-state index in [0.29, 0.717) is 11.6 Å². The second kappa shape index (κ2) is 6.71. The maximum atomic E-state index is 12.4. The van der Waals surface area contributed by atoms with Gasteiger partial charge in [0.05, 0.1) is 6.21 Å². The van der Waals surface area contributed by atoms with Gasteiger partial charge in [-0.25, -0.2) is 5.43 Å². The zero-order valence-electron chi connectivity index (χ0n) is 14.2. The molecule has 0 aliphatic heterocycles. The summed E-state index contributed by atoms with van der Waals surface area (Å²) in [5, 5.41) is 6.07. The Morgan fingerprint density at radius 3 is 2.67 bits per heavy atom. The van der Waals surface area contributed by atoms with Crippen molar-refractivity contribution in [3.05, 3.63) is 71.5 Å². The first-order chi connectivity index (χ1) is 11.6. The van der Waals surface area contributed by atoms with Crippen molar-refractivity contribution in [1.29, 1.82) is 0 Å². The van der Waals surface area contributed by atoms with Crippen molar-refractivity contribution in [2.45, 2.75) is 26.8 Å². The molecule has 122 valence electrons. The van der Waals surface area contributed by atoms with E-state index >= 15 is 0 Å². The molecular weight excluding hydrogens is 298 g/mol. The minimum Gasteiger partial charge on any atom is -0.349 e. The average molecular weight is 319 g/mol. The molecule has 0 aliphatic rings. The predicted molar refractivity (Wildman–Crippen MR) is 98.6 cm³/mol. The van der Waals surface area contributed by atoms with Gasteiger partial charge in [0, 0.05) is 29.1 Å². The number of nitrogens with zero attached hydrogens (tertiary/aromatic N) is 2. The molecule has 3 aromatic rings. The van der Waals surface area contributed by atoms with E-state index in [4.69, 9.17) is 0 Å². The Labute approximate surface area is 141 Å². The van der Waals surface area contributed by atoms with E-state index in [2.05, 4.69) is 35.9 Å². The van der Waals surface area contributed by atoms with Crippen LogP contribution in [0.15, 0.2) is 59.8 Å². The molecule has 0 fully saturated rings. The maximum absolute atomic E-state index is 12.4. The highest BCUT2D eigenvalue weighted by atomic mass is 16.2. The largest absolute Gasteiger partial charge is 0.349 e. The van der Waals surface area contributed by atoms with Crippen molar-refractivity contribution in [2.75, 3.05) is 0 Å². The number of aromatic nitrogens is 1. The molecule has 24 heavy (non-hydrogen) atoms. The topological polar surface area (TPSA) is 46.4 Å². The fourth-order valence-corrected chi connectivity index (χ4v) is 2.89. The molecule has 4 heteroatoms. The van der Waals surface area contributed by atoms with Crippen LogP contribution in [0.1, 0.15) is 41.5 Å². The molecule has 0 spiro atoms. The van der Waals surface area contributed by atoms with Gasteiger partial charge in [-0.05, 0) is 43.7 Å². The van der Waals surface area contributed by atoms with Gasteiger partial charge in [-0.1, -0.05) is 36.4 Å². The van der Waals surface area contributed by atoms with Crippen LogP contribution in [0, 0.1) is 6.92 Å². The standard InChI is InChI=1S/C20H21N3O/c1-14(2)23-13-16(11-15(23)3)12-21-22-20(24)19-10-6-8-17-7-4-5-9-18(17)19/h4-14H,1-3H3,(H,22,24)/b21-12-. The first-order valence-electron chi connectivity index (χ1n) is 8.06. The maximum Gasteiger partial charge on any atom is 0.271 e. The van der Waals surface area contributed by atoms with E-state index in [1.54, 1.807) is 6.21 Å². The van der Waals surface area contributed by atoms with Crippen molar-refractivity contribution < 1.29 is 4.79 Å². The van der Waals surface area contributed by atoms with Gasteiger partial charge in [0.15, 0.2) is 0 Å². The lowest BCUT2D eigenvalue weighted by atomic mass is 10.0. The Kier molecular flexibility index (Phi) is 4.47. The Morgan fingerprint density at radius 2 is 1.92 bits per heavy atom. The second-order valence-electron chi connectivity index (χ2n) is 6.14. The van der Waals surface area contributed by atoms with Crippen molar-refractivity contribution in [3.8, 4) is 0 Å². The number of aryl methyl sites for hydroxylation is 1. The highest BCUT2D eigenvalue weighted by molar-refractivity contribution is 6.07. The van der Waals surface area contributed by atoms with Crippen LogP contribution in [-0.2, 0) is 0 Å². The SMILES string of the molecule is Cc1cc(/C=N\NC(=O)c2cccc3ccccc23)cn1C(C)C. The monoisotopic (exact) mass is 319 g/mol. The van der Waals surface area contributed by atoms with Gasteiger partial charge < -0.3 is 4.57 Å². The highest BCUT2D eigenvalue weighted by Gasteiger charge is 2.08. The van der Waals surface area contributed by atoms with Crippen LogP contribution in [0.4, 0.5) is 0 Å². The van der Waals surface area contributed by atoms with Crippen molar-refractivity contribution in [3.63, 3.8) is 0 Å². The lowest BCUT2D eigenvalue weighted by Crippen LogP contribution is -2.17. The zero-order valence-corrected chi connectivity index (χ0v) is 14.2. The summed E-state index contributed by atoms with van der Waals surface area (Å²) in [6, 6.07) is 16.0.